The van der Waals surface area contributed by atoms with E-state index >= 15 is 0 Å². The number of rotatable bonds is 9. The summed E-state index contributed by atoms with van der Waals surface area (Å²) in [5.74, 6) is -1.41. The maximum absolute atomic E-state index is 13.7. The van der Waals surface area contributed by atoms with Crippen molar-refractivity contribution in [3.63, 3.8) is 0 Å². The standard InChI is InChI=1S/C27H30FN3O4S/c1-19-9-15-24(16-10-19)36(34,35)31(25-8-6-5-7-20(25)2)18-26(32)30(21(3)27(33)29-4)17-22-11-13-23(28)14-12-22/h5-16,21H,17-18H2,1-4H3,(H,29,33). The number of hydrogen-bond donors (Lipinski definition) is 1. The molecular formula is C27H30FN3O4S. The Hall–Kier alpha value is -3.72. The Kier molecular flexibility index (Phi) is 8.47. The molecule has 0 saturated heterocycles. The fourth-order valence-corrected chi connectivity index (χ4v) is 5.25. The van der Waals surface area contributed by atoms with Crippen LogP contribution in [-0.2, 0) is 26.2 Å². The molecule has 3 rings (SSSR count). The number of anilines is 1. The largest absolute Gasteiger partial charge is 0.357 e. The number of nitrogens with one attached hydrogen (secondary N) is 1. The van der Waals surface area contributed by atoms with Crippen molar-refractivity contribution in [2.45, 2.75) is 38.3 Å². The number of nitrogens with zero attached hydrogens (tertiary/aromatic N) is 2. The molecule has 0 saturated carbocycles. The van der Waals surface area contributed by atoms with Gasteiger partial charge in [-0.1, -0.05) is 48.0 Å². The van der Waals surface area contributed by atoms with Gasteiger partial charge in [0.25, 0.3) is 10.0 Å². The van der Waals surface area contributed by atoms with E-state index in [9.17, 15) is 22.4 Å². The third-order valence-electron chi connectivity index (χ3n) is 5.95. The highest BCUT2D eigenvalue weighted by Crippen LogP contribution is 2.27. The molecule has 1 unspecified atom stereocenters. The Morgan fingerprint density at radius 1 is 0.944 bits per heavy atom. The summed E-state index contributed by atoms with van der Waals surface area (Å²) in [4.78, 5) is 27.5. The lowest BCUT2D eigenvalue weighted by atomic mass is 10.1. The maximum atomic E-state index is 13.7. The Labute approximate surface area is 211 Å². The van der Waals surface area contributed by atoms with E-state index in [-0.39, 0.29) is 11.4 Å². The molecule has 0 spiro atoms. The van der Waals surface area contributed by atoms with E-state index in [2.05, 4.69) is 5.32 Å². The third kappa shape index (κ3) is 6.09. The highest BCUT2D eigenvalue weighted by Gasteiger charge is 2.32. The molecule has 190 valence electrons. The number of carbonyl (C=O) groups excluding carboxylic acids is 2. The quantitative estimate of drug-likeness (QED) is 0.474. The summed E-state index contributed by atoms with van der Waals surface area (Å²) >= 11 is 0. The van der Waals surface area contributed by atoms with Gasteiger partial charge in [0.2, 0.25) is 11.8 Å². The molecule has 0 fully saturated rings. The number of para-hydroxylation sites is 1. The molecule has 0 aromatic heterocycles. The van der Waals surface area contributed by atoms with Crippen molar-refractivity contribution in [3.05, 3.63) is 95.3 Å². The zero-order valence-corrected chi connectivity index (χ0v) is 21.5. The summed E-state index contributed by atoms with van der Waals surface area (Å²) < 4.78 is 42.0. The van der Waals surface area contributed by atoms with Crippen molar-refractivity contribution in [2.75, 3.05) is 17.9 Å². The number of benzene rings is 3. The third-order valence-corrected chi connectivity index (χ3v) is 7.73. The van der Waals surface area contributed by atoms with E-state index in [1.54, 1.807) is 50.2 Å². The van der Waals surface area contributed by atoms with Crippen LogP contribution in [-0.4, -0.2) is 44.8 Å². The monoisotopic (exact) mass is 511 g/mol. The molecule has 0 aliphatic heterocycles. The van der Waals surface area contributed by atoms with Gasteiger partial charge in [0.15, 0.2) is 0 Å². The highest BCUT2D eigenvalue weighted by atomic mass is 32.2. The second-order valence-corrected chi connectivity index (χ2v) is 10.4. The van der Waals surface area contributed by atoms with E-state index in [0.717, 1.165) is 9.87 Å². The fraction of sp³-hybridized carbons (Fsp3) is 0.259. The van der Waals surface area contributed by atoms with Gasteiger partial charge in [0.05, 0.1) is 10.6 Å². The molecule has 36 heavy (non-hydrogen) atoms. The van der Waals surface area contributed by atoms with Crippen LogP contribution in [0, 0.1) is 19.7 Å². The number of likely N-dealkylation sites (N-methyl/N-ethyl adjacent to an activating group) is 1. The molecule has 0 aliphatic rings. The number of hydrogen-bond acceptors (Lipinski definition) is 4. The fourth-order valence-electron chi connectivity index (χ4n) is 3.77. The lowest BCUT2D eigenvalue weighted by Crippen LogP contribution is -2.50. The lowest BCUT2D eigenvalue weighted by Gasteiger charge is -2.32. The van der Waals surface area contributed by atoms with Crippen LogP contribution in [0.15, 0.2) is 77.7 Å². The minimum absolute atomic E-state index is 0.000108. The average molecular weight is 512 g/mol. The molecule has 1 atom stereocenters. The molecular weight excluding hydrogens is 481 g/mol. The molecule has 0 radical (unpaired) electrons. The van der Waals surface area contributed by atoms with Gasteiger partial charge in [0.1, 0.15) is 18.4 Å². The highest BCUT2D eigenvalue weighted by molar-refractivity contribution is 7.92. The average Bonchev–Trinajstić information content (AvgIpc) is 2.86. The van der Waals surface area contributed by atoms with Gasteiger partial charge >= 0.3 is 0 Å². The Bertz CT molecular complexity index is 1330. The van der Waals surface area contributed by atoms with Crippen molar-refractivity contribution in [2.24, 2.45) is 0 Å². The minimum atomic E-state index is -4.12. The summed E-state index contributed by atoms with van der Waals surface area (Å²) in [6.07, 6.45) is 0. The van der Waals surface area contributed by atoms with Crippen LogP contribution < -0.4 is 9.62 Å². The second kappa shape index (κ2) is 11.3. The second-order valence-electron chi connectivity index (χ2n) is 8.55. The lowest BCUT2D eigenvalue weighted by molar-refractivity contribution is -0.139. The predicted octanol–water partition coefficient (Wildman–Crippen LogP) is 3.80. The number of halogens is 1. The van der Waals surface area contributed by atoms with Gasteiger partial charge in [-0.3, -0.25) is 13.9 Å². The van der Waals surface area contributed by atoms with Crippen LogP contribution in [0.4, 0.5) is 10.1 Å². The van der Waals surface area contributed by atoms with Gasteiger partial charge in [0, 0.05) is 13.6 Å². The molecule has 3 aromatic rings. The van der Waals surface area contributed by atoms with E-state index in [0.29, 0.717) is 16.8 Å². The number of sulfonamides is 1. The number of amides is 2. The molecule has 9 heteroatoms. The van der Waals surface area contributed by atoms with Gasteiger partial charge in [-0.05, 0) is 62.2 Å². The summed E-state index contributed by atoms with van der Waals surface area (Å²) in [5, 5.41) is 2.53. The van der Waals surface area contributed by atoms with Crippen molar-refractivity contribution in [1.29, 1.82) is 0 Å². The van der Waals surface area contributed by atoms with E-state index in [4.69, 9.17) is 0 Å². The summed E-state index contributed by atoms with van der Waals surface area (Å²) in [6.45, 7) is 4.66. The first kappa shape index (κ1) is 26.9. The summed E-state index contributed by atoms with van der Waals surface area (Å²) in [7, 11) is -2.66. The van der Waals surface area contributed by atoms with Gasteiger partial charge in [-0.15, -0.1) is 0 Å². The molecule has 0 aliphatic carbocycles. The van der Waals surface area contributed by atoms with Crippen molar-refractivity contribution in [3.8, 4) is 0 Å². The van der Waals surface area contributed by atoms with E-state index in [1.807, 2.05) is 6.92 Å². The topological polar surface area (TPSA) is 86.8 Å². The molecule has 3 aromatic carbocycles. The number of aryl methyl sites for hydroxylation is 2. The Balaban J connectivity index is 2.04. The normalized spacial score (nSPS) is 12.0. The van der Waals surface area contributed by atoms with Gasteiger partial charge in [-0.2, -0.15) is 0 Å². The predicted molar refractivity (Wildman–Crippen MR) is 137 cm³/mol. The van der Waals surface area contributed by atoms with Crippen LogP contribution >= 0.6 is 0 Å². The maximum Gasteiger partial charge on any atom is 0.264 e. The molecule has 1 N–H and O–H groups in total. The molecule has 7 nitrogen and oxygen atoms in total. The Morgan fingerprint density at radius 3 is 2.14 bits per heavy atom. The molecule has 2 amide bonds. The summed E-state index contributed by atoms with van der Waals surface area (Å²) in [6, 6.07) is 18.0. The first-order chi connectivity index (χ1) is 17.0. The van der Waals surface area contributed by atoms with Crippen molar-refractivity contribution < 1.29 is 22.4 Å². The first-order valence-corrected chi connectivity index (χ1v) is 12.9. The first-order valence-electron chi connectivity index (χ1n) is 11.4. The molecule has 0 heterocycles. The smallest absolute Gasteiger partial charge is 0.264 e. The molecule has 0 bridgehead atoms. The van der Waals surface area contributed by atoms with Gasteiger partial charge in [-0.25, -0.2) is 12.8 Å². The zero-order valence-electron chi connectivity index (χ0n) is 20.7. The number of carbonyl (C=O) groups is 2. The van der Waals surface area contributed by atoms with Crippen LogP contribution in [0.5, 0.6) is 0 Å². The Morgan fingerprint density at radius 2 is 1.56 bits per heavy atom. The minimum Gasteiger partial charge on any atom is -0.357 e. The van der Waals surface area contributed by atoms with Crippen LogP contribution in [0.1, 0.15) is 23.6 Å². The van der Waals surface area contributed by atoms with Gasteiger partial charge < -0.3 is 10.2 Å². The van der Waals surface area contributed by atoms with E-state index < -0.39 is 40.2 Å². The van der Waals surface area contributed by atoms with Crippen LogP contribution in [0.25, 0.3) is 0 Å². The summed E-state index contributed by atoms with van der Waals surface area (Å²) in [5.41, 5.74) is 2.54. The van der Waals surface area contributed by atoms with Crippen LogP contribution in [0.3, 0.4) is 0 Å². The SMILES string of the molecule is CNC(=O)C(C)N(Cc1ccc(F)cc1)C(=O)CN(c1ccccc1C)S(=O)(=O)c1ccc(C)cc1. The van der Waals surface area contributed by atoms with Crippen LogP contribution in [0.2, 0.25) is 0 Å². The van der Waals surface area contributed by atoms with E-state index in [1.165, 1.54) is 48.3 Å². The zero-order chi connectivity index (χ0) is 26.5. The van der Waals surface area contributed by atoms with Crippen molar-refractivity contribution >= 4 is 27.5 Å². The van der Waals surface area contributed by atoms with Crippen molar-refractivity contribution in [1.82, 2.24) is 10.2 Å².